The predicted octanol–water partition coefficient (Wildman–Crippen LogP) is 1.47. The molecule has 72 valence electrons. The molecule has 0 aromatic heterocycles. The Kier molecular flexibility index (Phi) is 2.23. The Balaban J connectivity index is 2.04. The van der Waals surface area contributed by atoms with Crippen molar-refractivity contribution in [2.75, 3.05) is 6.54 Å². The summed E-state index contributed by atoms with van der Waals surface area (Å²) < 4.78 is 0. The van der Waals surface area contributed by atoms with Crippen LogP contribution in [0.25, 0.3) is 0 Å². The standard InChI is InChI=1S/C11H11NO2/c13-10-6-7-12(11(10)14)8-9-4-2-1-3-5-9/h1-6,13H,7-8H2. The second kappa shape index (κ2) is 3.54. The van der Waals surface area contributed by atoms with Gasteiger partial charge in [0, 0.05) is 13.1 Å². The summed E-state index contributed by atoms with van der Waals surface area (Å²) in [6, 6.07) is 9.72. The van der Waals surface area contributed by atoms with E-state index in [2.05, 4.69) is 0 Å². The van der Waals surface area contributed by atoms with Crippen LogP contribution in [0.15, 0.2) is 42.2 Å². The number of benzene rings is 1. The topological polar surface area (TPSA) is 40.5 Å². The van der Waals surface area contributed by atoms with E-state index >= 15 is 0 Å². The molecule has 0 radical (unpaired) electrons. The molecule has 0 saturated carbocycles. The Morgan fingerprint density at radius 1 is 1.29 bits per heavy atom. The molecular weight excluding hydrogens is 178 g/mol. The SMILES string of the molecule is O=C1C(O)=CCN1Cc1ccccc1. The molecule has 2 rings (SSSR count). The molecule has 0 bridgehead atoms. The fourth-order valence-corrected chi connectivity index (χ4v) is 1.47. The van der Waals surface area contributed by atoms with Gasteiger partial charge in [-0.3, -0.25) is 4.79 Å². The minimum Gasteiger partial charge on any atom is -0.503 e. The van der Waals surface area contributed by atoms with E-state index in [4.69, 9.17) is 5.11 Å². The van der Waals surface area contributed by atoms with Crippen molar-refractivity contribution in [3.8, 4) is 0 Å². The van der Waals surface area contributed by atoms with Crippen molar-refractivity contribution in [3.05, 3.63) is 47.7 Å². The van der Waals surface area contributed by atoms with E-state index in [0.717, 1.165) is 5.56 Å². The lowest BCUT2D eigenvalue weighted by Gasteiger charge is -2.15. The highest BCUT2D eigenvalue weighted by Gasteiger charge is 2.22. The third-order valence-electron chi connectivity index (χ3n) is 2.23. The molecule has 1 N–H and O–H groups in total. The summed E-state index contributed by atoms with van der Waals surface area (Å²) in [6.07, 6.45) is 1.53. The van der Waals surface area contributed by atoms with Crippen molar-refractivity contribution in [1.82, 2.24) is 4.90 Å². The first-order valence-corrected chi connectivity index (χ1v) is 4.49. The van der Waals surface area contributed by atoms with Crippen LogP contribution in [0.4, 0.5) is 0 Å². The van der Waals surface area contributed by atoms with Crippen molar-refractivity contribution in [1.29, 1.82) is 0 Å². The number of aliphatic hydroxyl groups is 1. The second-order valence-corrected chi connectivity index (χ2v) is 3.26. The van der Waals surface area contributed by atoms with Gasteiger partial charge in [0.2, 0.25) is 0 Å². The fraction of sp³-hybridized carbons (Fsp3) is 0.182. The summed E-state index contributed by atoms with van der Waals surface area (Å²) in [5.74, 6) is -0.421. The minimum atomic E-state index is -0.283. The Bertz CT molecular complexity index is 370. The molecular formula is C11H11NO2. The molecule has 0 fully saturated rings. The van der Waals surface area contributed by atoms with Crippen molar-refractivity contribution >= 4 is 5.91 Å². The number of amides is 1. The Labute approximate surface area is 82.3 Å². The molecule has 1 aliphatic rings. The van der Waals surface area contributed by atoms with E-state index in [1.807, 2.05) is 30.3 Å². The number of hydrogen-bond donors (Lipinski definition) is 1. The van der Waals surface area contributed by atoms with E-state index < -0.39 is 0 Å². The average Bonchev–Trinajstić information content (AvgIpc) is 2.52. The van der Waals surface area contributed by atoms with E-state index in [-0.39, 0.29) is 11.7 Å². The van der Waals surface area contributed by atoms with Gasteiger partial charge in [-0.2, -0.15) is 0 Å². The first-order valence-electron chi connectivity index (χ1n) is 4.49. The highest BCUT2D eigenvalue weighted by Crippen LogP contribution is 2.12. The number of nitrogens with zero attached hydrogens (tertiary/aromatic N) is 1. The van der Waals surface area contributed by atoms with E-state index in [0.29, 0.717) is 13.1 Å². The fourth-order valence-electron chi connectivity index (χ4n) is 1.47. The predicted molar refractivity (Wildman–Crippen MR) is 52.6 cm³/mol. The third-order valence-corrected chi connectivity index (χ3v) is 2.23. The Morgan fingerprint density at radius 3 is 2.57 bits per heavy atom. The summed E-state index contributed by atoms with van der Waals surface area (Å²) in [5, 5.41) is 9.12. The van der Waals surface area contributed by atoms with Gasteiger partial charge in [0.25, 0.3) is 5.91 Å². The lowest BCUT2D eigenvalue weighted by Crippen LogP contribution is -2.26. The smallest absolute Gasteiger partial charge is 0.288 e. The second-order valence-electron chi connectivity index (χ2n) is 3.26. The maximum absolute atomic E-state index is 11.3. The highest BCUT2D eigenvalue weighted by atomic mass is 16.3. The summed E-state index contributed by atoms with van der Waals surface area (Å²) in [6.45, 7) is 1.06. The van der Waals surface area contributed by atoms with Crippen molar-refractivity contribution in [3.63, 3.8) is 0 Å². The molecule has 0 unspecified atom stereocenters. The lowest BCUT2D eigenvalue weighted by atomic mass is 10.2. The van der Waals surface area contributed by atoms with Crippen LogP contribution in [0.3, 0.4) is 0 Å². The molecule has 1 amide bonds. The van der Waals surface area contributed by atoms with E-state index in [1.54, 1.807) is 4.90 Å². The van der Waals surface area contributed by atoms with Gasteiger partial charge in [0.15, 0.2) is 5.76 Å². The summed E-state index contributed by atoms with van der Waals surface area (Å²) in [4.78, 5) is 12.9. The van der Waals surface area contributed by atoms with E-state index in [1.165, 1.54) is 6.08 Å². The summed E-state index contributed by atoms with van der Waals surface area (Å²) in [7, 11) is 0. The van der Waals surface area contributed by atoms with Gasteiger partial charge in [0.1, 0.15) is 0 Å². The van der Waals surface area contributed by atoms with Gasteiger partial charge in [0.05, 0.1) is 0 Å². The molecule has 3 heteroatoms. The van der Waals surface area contributed by atoms with Gasteiger partial charge in [-0.05, 0) is 11.6 Å². The Hall–Kier alpha value is -1.77. The molecule has 1 aromatic carbocycles. The monoisotopic (exact) mass is 189 g/mol. The summed E-state index contributed by atoms with van der Waals surface area (Å²) >= 11 is 0. The zero-order valence-corrected chi connectivity index (χ0v) is 7.68. The minimum absolute atomic E-state index is 0.138. The van der Waals surface area contributed by atoms with Gasteiger partial charge in [-0.1, -0.05) is 30.3 Å². The Morgan fingerprint density at radius 2 is 2.00 bits per heavy atom. The molecule has 0 saturated heterocycles. The molecule has 1 heterocycles. The van der Waals surface area contributed by atoms with Gasteiger partial charge >= 0.3 is 0 Å². The van der Waals surface area contributed by atoms with Gasteiger partial charge in [-0.25, -0.2) is 0 Å². The first kappa shape index (κ1) is 8.81. The van der Waals surface area contributed by atoms with Crippen LogP contribution in [-0.2, 0) is 11.3 Å². The van der Waals surface area contributed by atoms with Crippen molar-refractivity contribution < 1.29 is 9.90 Å². The zero-order chi connectivity index (χ0) is 9.97. The normalized spacial score (nSPS) is 15.9. The van der Waals surface area contributed by atoms with Crippen LogP contribution >= 0.6 is 0 Å². The number of hydrogen-bond acceptors (Lipinski definition) is 2. The number of rotatable bonds is 2. The molecule has 0 spiro atoms. The quantitative estimate of drug-likeness (QED) is 0.765. The zero-order valence-electron chi connectivity index (χ0n) is 7.68. The van der Waals surface area contributed by atoms with Crippen LogP contribution in [0.2, 0.25) is 0 Å². The molecule has 1 aromatic rings. The van der Waals surface area contributed by atoms with Crippen LogP contribution in [0, 0.1) is 0 Å². The number of carbonyl (C=O) groups excluding carboxylic acids is 1. The highest BCUT2D eigenvalue weighted by molar-refractivity contribution is 5.93. The maximum Gasteiger partial charge on any atom is 0.288 e. The molecule has 1 aliphatic heterocycles. The largest absolute Gasteiger partial charge is 0.503 e. The number of carbonyl (C=O) groups is 1. The first-order chi connectivity index (χ1) is 6.77. The summed E-state index contributed by atoms with van der Waals surface area (Å²) in [5.41, 5.74) is 1.07. The van der Waals surface area contributed by atoms with Crippen molar-refractivity contribution in [2.24, 2.45) is 0 Å². The van der Waals surface area contributed by atoms with Gasteiger partial charge in [-0.15, -0.1) is 0 Å². The van der Waals surface area contributed by atoms with Crippen molar-refractivity contribution in [2.45, 2.75) is 6.54 Å². The lowest BCUT2D eigenvalue weighted by molar-refractivity contribution is -0.128. The van der Waals surface area contributed by atoms with Crippen LogP contribution in [-0.4, -0.2) is 22.5 Å². The van der Waals surface area contributed by atoms with Crippen LogP contribution < -0.4 is 0 Å². The number of aliphatic hydroxyl groups excluding tert-OH is 1. The molecule has 0 atom stereocenters. The van der Waals surface area contributed by atoms with Gasteiger partial charge < -0.3 is 10.0 Å². The molecule has 3 nitrogen and oxygen atoms in total. The molecule has 14 heavy (non-hydrogen) atoms. The van der Waals surface area contributed by atoms with Crippen LogP contribution in [0.5, 0.6) is 0 Å². The van der Waals surface area contributed by atoms with E-state index in [9.17, 15) is 4.79 Å². The maximum atomic E-state index is 11.3. The average molecular weight is 189 g/mol. The molecule has 0 aliphatic carbocycles. The third kappa shape index (κ3) is 1.62. The van der Waals surface area contributed by atoms with Crippen LogP contribution in [0.1, 0.15) is 5.56 Å².